The van der Waals surface area contributed by atoms with Crippen molar-refractivity contribution in [2.24, 2.45) is 0 Å². The van der Waals surface area contributed by atoms with Gasteiger partial charge in [0.25, 0.3) is 5.91 Å². The van der Waals surface area contributed by atoms with Crippen LogP contribution in [0.15, 0.2) is 16.7 Å². The van der Waals surface area contributed by atoms with Crippen molar-refractivity contribution in [2.45, 2.75) is 51.4 Å². The van der Waals surface area contributed by atoms with Crippen LogP contribution in [-0.4, -0.2) is 41.5 Å². The molecule has 0 spiro atoms. The van der Waals surface area contributed by atoms with Crippen LogP contribution in [0.25, 0.3) is 0 Å². The molecule has 1 aliphatic rings. The third-order valence-electron chi connectivity index (χ3n) is 3.92. The lowest BCUT2D eigenvalue weighted by Crippen LogP contribution is -2.58. The number of furan rings is 1. The van der Waals surface area contributed by atoms with Crippen LogP contribution in [0.1, 0.15) is 42.8 Å². The zero-order chi connectivity index (χ0) is 17.2. The minimum Gasteiger partial charge on any atom is -0.469 e. The molecular formula is C15H19F3N2O3. The third kappa shape index (κ3) is 3.86. The van der Waals surface area contributed by atoms with Crippen molar-refractivity contribution in [1.82, 2.24) is 10.2 Å². The molecule has 1 aromatic rings. The average molecular weight is 332 g/mol. The van der Waals surface area contributed by atoms with Gasteiger partial charge in [-0.05, 0) is 18.9 Å². The Hall–Kier alpha value is -1.99. The summed E-state index contributed by atoms with van der Waals surface area (Å²) in [6.07, 6.45) is -2.86. The summed E-state index contributed by atoms with van der Waals surface area (Å²) in [5, 5.41) is 2.59. The lowest BCUT2D eigenvalue weighted by molar-refractivity contribution is -0.184. The fourth-order valence-electron chi connectivity index (χ4n) is 2.90. The molecule has 0 aliphatic carbocycles. The van der Waals surface area contributed by atoms with Crippen LogP contribution in [0, 0.1) is 0 Å². The molecule has 2 amide bonds. The van der Waals surface area contributed by atoms with Gasteiger partial charge in [0.1, 0.15) is 11.8 Å². The number of hydrogen-bond donors (Lipinski definition) is 1. The highest BCUT2D eigenvalue weighted by Gasteiger charge is 2.48. The Balaban J connectivity index is 2.27. The summed E-state index contributed by atoms with van der Waals surface area (Å²) in [6, 6.07) is -0.942. The van der Waals surface area contributed by atoms with E-state index in [0.29, 0.717) is 12.2 Å². The monoisotopic (exact) mass is 332 g/mol. The fourth-order valence-corrected chi connectivity index (χ4v) is 2.90. The number of halogens is 3. The maximum atomic E-state index is 13.3. The van der Waals surface area contributed by atoms with Crippen LogP contribution in [0.5, 0.6) is 0 Å². The van der Waals surface area contributed by atoms with Crippen molar-refractivity contribution in [3.63, 3.8) is 0 Å². The number of piperidine rings is 1. The second kappa shape index (κ2) is 6.64. The Morgan fingerprint density at radius 2 is 2.09 bits per heavy atom. The molecule has 23 heavy (non-hydrogen) atoms. The molecule has 1 saturated heterocycles. The normalized spacial score (nSPS) is 22.0. The minimum atomic E-state index is -4.51. The van der Waals surface area contributed by atoms with E-state index in [0.717, 1.165) is 4.90 Å². The molecule has 2 heterocycles. The van der Waals surface area contributed by atoms with Gasteiger partial charge in [-0.15, -0.1) is 0 Å². The van der Waals surface area contributed by atoms with Crippen LogP contribution in [-0.2, 0) is 11.2 Å². The lowest BCUT2D eigenvalue weighted by atomic mass is 9.96. The number of amides is 2. The molecule has 2 rings (SSSR count). The maximum absolute atomic E-state index is 13.3. The van der Waals surface area contributed by atoms with Gasteiger partial charge in [-0.2, -0.15) is 13.2 Å². The molecule has 1 aromatic heterocycles. The number of nitrogens with zero attached hydrogens (tertiary/aromatic N) is 1. The van der Waals surface area contributed by atoms with E-state index in [1.807, 2.05) is 0 Å². The molecule has 1 fully saturated rings. The molecule has 128 valence electrons. The largest absolute Gasteiger partial charge is 0.469 e. The Bertz CT molecular complexity index is 583. The van der Waals surface area contributed by atoms with Crippen molar-refractivity contribution in [2.75, 3.05) is 6.54 Å². The number of aryl methyl sites for hydroxylation is 1. The van der Waals surface area contributed by atoms with Gasteiger partial charge in [-0.25, -0.2) is 0 Å². The molecule has 0 radical (unpaired) electrons. The highest BCUT2D eigenvalue weighted by molar-refractivity contribution is 5.95. The standard InChI is InChI=1S/C15H19F3N2O3/c1-3-12-11(6-7-23-12)14(22)20-8-10(19-9(2)21)4-5-13(20)15(16,17)18/h6-7,10,13H,3-5,8H2,1-2H3,(H,19,21)/t10-,13-/m1/s1. The van der Waals surface area contributed by atoms with E-state index in [4.69, 9.17) is 4.42 Å². The highest BCUT2D eigenvalue weighted by atomic mass is 19.4. The quantitative estimate of drug-likeness (QED) is 0.925. The number of nitrogens with one attached hydrogen (secondary N) is 1. The molecule has 0 aromatic carbocycles. The van der Waals surface area contributed by atoms with Crippen LogP contribution in [0.4, 0.5) is 13.2 Å². The van der Waals surface area contributed by atoms with E-state index in [1.54, 1.807) is 6.92 Å². The number of carbonyl (C=O) groups is 2. The topological polar surface area (TPSA) is 62.6 Å². The van der Waals surface area contributed by atoms with Gasteiger partial charge in [0.05, 0.1) is 11.8 Å². The van der Waals surface area contributed by atoms with Gasteiger partial charge in [0, 0.05) is 25.9 Å². The second-order valence-electron chi connectivity index (χ2n) is 5.60. The molecule has 5 nitrogen and oxygen atoms in total. The van der Waals surface area contributed by atoms with Crippen molar-refractivity contribution in [1.29, 1.82) is 0 Å². The summed E-state index contributed by atoms with van der Waals surface area (Å²) in [5.41, 5.74) is 0.144. The average Bonchev–Trinajstić information content (AvgIpc) is 2.93. The Kier molecular flexibility index (Phi) is 5.01. The van der Waals surface area contributed by atoms with E-state index in [-0.39, 0.29) is 30.9 Å². The third-order valence-corrected chi connectivity index (χ3v) is 3.92. The Morgan fingerprint density at radius 1 is 1.39 bits per heavy atom. The Morgan fingerprint density at radius 3 is 2.65 bits per heavy atom. The van der Waals surface area contributed by atoms with Gasteiger partial charge < -0.3 is 14.6 Å². The first-order chi connectivity index (χ1) is 10.7. The number of alkyl halides is 3. The predicted octanol–water partition coefficient (Wildman–Crippen LogP) is 2.51. The van der Waals surface area contributed by atoms with E-state index in [2.05, 4.69) is 5.32 Å². The smallest absolute Gasteiger partial charge is 0.408 e. The van der Waals surface area contributed by atoms with Crippen LogP contribution >= 0.6 is 0 Å². The SMILES string of the molecule is CCc1occc1C(=O)N1C[C@H](NC(C)=O)CC[C@@H]1C(F)(F)F. The summed E-state index contributed by atoms with van der Waals surface area (Å²) in [6.45, 7) is 2.89. The molecule has 1 N–H and O–H groups in total. The van der Waals surface area contributed by atoms with Crippen LogP contribution in [0.3, 0.4) is 0 Å². The molecule has 0 saturated carbocycles. The molecule has 8 heteroatoms. The molecule has 0 bridgehead atoms. The molecule has 0 unspecified atom stereocenters. The zero-order valence-electron chi connectivity index (χ0n) is 12.9. The van der Waals surface area contributed by atoms with Gasteiger partial charge in [0.15, 0.2) is 0 Å². The van der Waals surface area contributed by atoms with E-state index in [1.165, 1.54) is 19.3 Å². The second-order valence-corrected chi connectivity index (χ2v) is 5.60. The molecule has 1 aliphatic heterocycles. The van der Waals surface area contributed by atoms with E-state index < -0.39 is 24.2 Å². The maximum Gasteiger partial charge on any atom is 0.408 e. The number of hydrogen-bond acceptors (Lipinski definition) is 3. The fraction of sp³-hybridized carbons (Fsp3) is 0.600. The lowest BCUT2D eigenvalue weighted by Gasteiger charge is -2.40. The van der Waals surface area contributed by atoms with Crippen LogP contribution in [0.2, 0.25) is 0 Å². The summed E-state index contributed by atoms with van der Waals surface area (Å²) in [7, 11) is 0. The summed E-state index contributed by atoms with van der Waals surface area (Å²) < 4.78 is 44.9. The van der Waals surface area contributed by atoms with Gasteiger partial charge in [0.2, 0.25) is 5.91 Å². The summed E-state index contributed by atoms with van der Waals surface area (Å²) >= 11 is 0. The zero-order valence-corrected chi connectivity index (χ0v) is 12.9. The Labute approximate surface area is 131 Å². The first-order valence-corrected chi connectivity index (χ1v) is 7.45. The first kappa shape index (κ1) is 17.4. The first-order valence-electron chi connectivity index (χ1n) is 7.45. The number of likely N-dealkylation sites (tertiary alicyclic amines) is 1. The number of carbonyl (C=O) groups excluding carboxylic acids is 2. The van der Waals surface area contributed by atoms with Crippen molar-refractivity contribution in [3.05, 3.63) is 23.7 Å². The van der Waals surface area contributed by atoms with Crippen molar-refractivity contribution >= 4 is 11.8 Å². The van der Waals surface area contributed by atoms with E-state index in [9.17, 15) is 22.8 Å². The van der Waals surface area contributed by atoms with Gasteiger partial charge in [-0.3, -0.25) is 9.59 Å². The van der Waals surface area contributed by atoms with Crippen molar-refractivity contribution in [3.8, 4) is 0 Å². The molecule has 2 atom stereocenters. The summed E-state index contributed by atoms with van der Waals surface area (Å²) in [4.78, 5) is 24.5. The van der Waals surface area contributed by atoms with Gasteiger partial charge >= 0.3 is 6.18 Å². The number of rotatable bonds is 3. The predicted molar refractivity (Wildman–Crippen MR) is 75.8 cm³/mol. The molecular weight excluding hydrogens is 313 g/mol. The summed E-state index contributed by atoms with van der Waals surface area (Å²) in [5.74, 6) is -0.684. The van der Waals surface area contributed by atoms with E-state index >= 15 is 0 Å². The minimum absolute atomic E-state index is 0.144. The van der Waals surface area contributed by atoms with Crippen molar-refractivity contribution < 1.29 is 27.2 Å². The van der Waals surface area contributed by atoms with Crippen LogP contribution < -0.4 is 5.32 Å². The highest BCUT2D eigenvalue weighted by Crippen LogP contribution is 2.33. The van der Waals surface area contributed by atoms with Gasteiger partial charge in [-0.1, -0.05) is 6.92 Å².